The lowest BCUT2D eigenvalue weighted by Gasteiger charge is -1.98. The Bertz CT molecular complexity index is 502. The Morgan fingerprint density at radius 1 is 1.27 bits per heavy atom. The SMILES string of the molecule is Cc1ccc(C(=O)c2cccc(Cl)c2)s1. The first-order valence-corrected chi connectivity index (χ1v) is 5.73. The molecule has 0 atom stereocenters. The van der Waals surface area contributed by atoms with Gasteiger partial charge in [-0.3, -0.25) is 4.79 Å². The second kappa shape index (κ2) is 4.17. The lowest BCUT2D eigenvalue weighted by molar-refractivity contribution is 0.104. The minimum atomic E-state index is 0.0376. The Balaban J connectivity index is 2.36. The number of benzene rings is 1. The van der Waals surface area contributed by atoms with Crippen LogP contribution < -0.4 is 0 Å². The summed E-state index contributed by atoms with van der Waals surface area (Å²) in [5.74, 6) is 0.0376. The highest BCUT2D eigenvalue weighted by Gasteiger charge is 2.10. The zero-order valence-corrected chi connectivity index (χ0v) is 9.73. The summed E-state index contributed by atoms with van der Waals surface area (Å²) in [7, 11) is 0. The van der Waals surface area contributed by atoms with Crippen LogP contribution in [0.25, 0.3) is 0 Å². The van der Waals surface area contributed by atoms with Crippen molar-refractivity contribution in [3.63, 3.8) is 0 Å². The molecule has 0 saturated carbocycles. The van der Waals surface area contributed by atoms with E-state index in [1.165, 1.54) is 11.3 Å². The Labute approximate surface area is 97.3 Å². The number of carbonyl (C=O) groups is 1. The molecule has 1 nitrogen and oxygen atoms in total. The standard InChI is InChI=1S/C12H9ClOS/c1-8-5-6-11(15-8)12(14)9-3-2-4-10(13)7-9/h2-7H,1H3. The molecule has 0 aliphatic carbocycles. The lowest BCUT2D eigenvalue weighted by atomic mass is 10.1. The van der Waals surface area contributed by atoms with Crippen molar-refractivity contribution in [2.75, 3.05) is 0 Å². The smallest absolute Gasteiger partial charge is 0.202 e. The fraction of sp³-hybridized carbons (Fsp3) is 0.0833. The molecular weight excluding hydrogens is 228 g/mol. The van der Waals surface area contributed by atoms with E-state index in [2.05, 4.69) is 0 Å². The van der Waals surface area contributed by atoms with Gasteiger partial charge in [0.2, 0.25) is 5.78 Å². The van der Waals surface area contributed by atoms with Crippen LogP contribution >= 0.6 is 22.9 Å². The first kappa shape index (κ1) is 10.4. The Hall–Kier alpha value is -1.12. The van der Waals surface area contributed by atoms with E-state index in [0.717, 1.165) is 9.75 Å². The van der Waals surface area contributed by atoms with E-state index in [9.17, 15) is 4.79 Å². The van der Waals surface area contributed by atoms with Crippen molar-refractivity contribution in [3.05, 3.63) is 56.7 Å². The number of aryl methyl sites for hydroxylation is 1. The minimum absolute atomic E-state index is 0.0376. The molecule has 1 aromatic carbocycles. The van der Waals surface area contributed by atoms with Gasteiger partial charge < -0.3 is 0 Å². The topological polar surface area (TPSA) is 17.1 Å². The van der Waals surface area contributed by atoms with E-state index >= 15 is 0 Å². The molecule has 0 aliphatic rings. The second-order valence-electron chi connectivity index (χ2n) is 3.25. The van der Waals surface area contributed by atoms with Gasteiger partial charge in [-0.05, 0) is 31.2 Å². The van der Waals surface area contributed by atoms with E-state index in [1.54, 1.807) is 24.3 Å². The van der Waals surface area contributed by atoms with E-state index in [-0.39, 0.29) is 5.78 Å². The van der Waals surface area contributed by atoms with Crippen LogP contribution in [0.3, 0.4) is 0 Å². The average molecular weight is 237 g/mol. The zero-order chi connectivity index (χ0) is 10.8. The van der Waals surface area contributed by atoms with Gasteiger partial charge in [0.25, 0.3) is 0 Å². The maximum Gasteiger partial charge on any atom is 0.202 e. The van der Waals surface area contributed by atoms with Crippen molar-refractivity contribution >= 4 is 28.7 Å². The summed E-state index contributed by atoms with van der Waals surface area (Å²) in [4.78, 5) is 13.9. The lowest BCUT2D eigenvalue weighted by Crippen LogP contribution is -1.97. The number of carbonyl (C=O) groups excluding carboxylic acids is 1. The molecule has 0 aliphatic heterocycles. The molecular formula is C12H9ClOS. The summed E-state index contributed by atoms with van der Waals surface area (Å²) in [6, 6.07) is 10.8. The molecule has 0 amide bonds. The maximum atomic E-state index is 12.0. The van der Waals surface area contributed by atoms with Crippen LogP contribution in [0, 0.1) is 6.92 Å². The summed E-state index contributed by atoms with van der Waals surface area (Å²) in [6.45, 7) is 1.99. The van der Waals surface area contributed by atoms with E-state index in [1.807, 2.05) is 19.1 Å². The van der Waals surface area contributed by atoms with E-state index in [4.69, 9.17) is 11.6 Å². The van der Waals surface area contributed by atoms with Gasteiger partial charge in [-0.2, -0.15) is 0 Å². The summed E-state index contributed by atoms with van der Waals surface area (Å²) in [5.41, 5.74) is 0.643. The number of ketones is 1. The van der Waals surface area contributed by atoms with E-state index < -0.39 is 0 Å². The molecule has 0 fully saturated rings. The van der Waals surface area contributed by atoms with Crippen molar-refractivity contribution in [3.8, 4) is 0 Å². The van der Waals surface area contributed by atoms with Gasteiger partial charge in [-0.25, -0.2) is 0 Å². The van der Waals surface area contributed by atoms with Crippen LogP contribution in [0.15, 0.2) is 36.4 Å². The molecule has 15 heavy (non-hydrogen) atoms. The summed E-state index contributed by atoms with van der Waals surface area (Å²) in [6.07, 6.45) is 0. The predicted octanol–water partition coefficient (Wildman–Crippen LogP) is 3.94. The number of hydrogen-bond donors (Lipinski definition) is 0. The molecule has 1 aromatic heterocycles. The number of hydrogen-bond acceptors (Lipinski definition) is 2. The van der Waals surface area contributed by atoms with Crippen LogP contribution in [0.2, 0.25) is 5.02 Å². The van der Waals surface area contributed by atoms with Crippen molar-refractivity contribution < 1.29 is 4.79 Å². The van der Waals surface area contributed by atoms with Gasteiger partial charge in [0.05, 0.1) is 4.88 Å². The highest BCUT2D eigenvalue weighted by atomic mass is 35.5. The van der Waals surface area contributed by atoms with Gasteiger partial charge >= 0.3 is 0 Å². The summed E-state index contributed by atoms with van der Waals surface area (Å²) in [5, 5.41) is 0.592. The second-order valence-corrected chi connectivity index (χ2v) is 4.97. The van der Waals surface area contributed by atoms with Crippen molar-refractivity contribution in [2.24, 2.45) is 0 Å². The first-order chi connectivity index (χ1) is 7.16. The van der Waals surface area contributed by atoms with Crippen molar-refractivity contribution in [1.29, 1.82) is 0 Å². The summed E-state index contributed by atoms with van der Waals surface area (Å²) < 4.78 is 0. The minimum Gasteiger partial charge on any atom is -0.288 e. The van der Waals surface area contributed by atoms with Crippen LogP contribution in [0.4, 0.5) is 0 Å². The van der Waals surface area contributed by atoms with Gasteiger partial charge in [-0.15, -0.1) is 11.3 Å². The van der Waals surface area contributed by atoms with Gasteiger partial charge in [0.1, 0.15) is 0 Å². The monoisotopic (exact) mass is 236 g/mol. The number of halogens is 1. The fourth-order valence-electron chi connectivity index (χ4n) is 1.33. The van der Waals surface area contributed by atoms with Crippen LogP contribution in [0.1, 0.15) is 20.1 Å². The third kappa shape index (κ3) is 2.28. The van der Waals surface area contributed by atoms with Crippen LogP contribution in [-0.4, -0.2) is 5.78 Å². The first-order valence-electron chi connectivity index (χ1n) is 4.53. The Kier molecular flexibility index (Phi) is 2.89. The van der Waals surface area contributed by atoms with Gasteiger partial charge in [0, 0.05) is 15.5 Å². The molecule has 76 valence electrons. The molecule has 1 heterocycles. The highest BCUT2D eigenvalue weighted by Crippen LogP contribution is 2.20. The Morgan fingerprint density at radius 3 is 2.67 bits per heavy atom. The molecule has 0 N–H and O–H groups in total. The molecule has 2 rings (SSSR count). The zero-order valence-electron chi connectivity index (χ0n) is 8.16. The quantitative estimate of drug-likeness (QED) is 0.722. The molecule has 0 saturated heterocycles. The third-order valence-electron chi connectivity index (χ3n) is 2.05. The summed E-state index contributed by atoms with van der Waals surface area (Å²) >= 11 is 7.34. The maximum absolute atomic E-state index is 12.0. The molecule has 2 aromatic rings. The Morgan fingerprint density at radius 2 is 2.07 bits per heavy atom. The normalized spacial score (nSPS) is 10.3. The van der Waals surface area contributed by atoms with Gasteiger partial charge in [-0.1, -0.05) is 23.7 Å². The number of thiophene rings is 1. The van der Waals surface area contributed by atoms with Crippen molar-refractivity contribution in [2.45, 2.75) is 6.92 Å². The predicted molar refractivity (Wildman–Crippen MR) is 63.9 cm³/mol. The van der Waals surface area contributed by atoms with Crippen LogP contribution in [-0.2, 0) is 0 Å². The average Bonchev–Trinajstić information content (AvgIpc) is 2.64. The van der Waals surface area contributed by atoms with E-state index in [0.29, 0.717) is 10.6 Å². The molecule has 0 spiro atoms. The third-order valence-corrected chi connectivity index (χ3v) is 3.29. The van der Waals surface area contributed by atoms with Crippen molar-refractivity contribution in [1.82, 2.24) is 0 Å². The van der Waals surface area contributed by atoms with Crippen LogP contribution in [0.5, 0.6) is 0 Å². The molecule has 3 heteroatoms. The largest absolute Gasteiger partial charge is 0.288 e. The highest BCUT2D eigenvalue weighted by molar-refractivity contribution is 7.14. The fourth-order valence-corrected chi connectivity index (χ4v) is 2.35. The number of rotatable bonds is 2. The molecule has 0 unspecified atom stereocenters. The van der Waals surface area contributed by atoms with Gasteiger partial charge in [0.15, 0.2) is 0 Å². The molecule has 0 radical (unpaired) electrons. The molecule has 0 bridgehead atoms.